The topological polar surface area (TPSA) is 45.4 Å². The van der Waals surface area contributed by atoms with Crippen LogP contribution in [0.2, 0.25) is 5.02 Å². The van der Waals surface area contributed by atoms with E-state index in [1.807, 2.05) is 6.07 Å². The molecule has 2 fully saturated rings. The van der Waals surface area contributed by atoms with Crippen LogP contribution >= 0.6 is 11.6 Å². The van der Waals surface area contributed by atoms with E-state index < -0.39 is 0 Å². The zero-order valence-electron chi connectivity index (χ0n) is 11.3. The highest BCUT2D eigenvalue weighted by Gasteiger charge is 2.31. The van der Waals surface area contributed by atoms with Crippen molar-refractivity contribution in [2.45, 2.75) is 38.3 Å². The van der Waals surface area contributed by atoms with E-state index in [1.165, 1.54) is 19.3 Å². The third kappa shape index (κ3) is 2.51. The molecule has 0 radical (unpaired) electrons. The second-order valence-electron chi connectivity index (χ2n) is 5.69. The molecule has 0 spiro atoms. The molecule has 104 valence electrons. The zero-order chi connectivity index (χ0) is 13.4. The average molecular weight is 281 g/mol. The fraction of sp³-hybridized carbons (Fsp3) is 0.643. The van der Waals surface area contributed by atoms with Crippen molar-refractivity contribution >= 4 is 23.1 Å². The average Bonchev–Trinajstić information content (AvgIpc) is 2.31. The Morgan fingerprint density at radius 1 is 1.37 bits per heavy atom. The molecule has 3 rings (SSSR count). The molecule has 1 aromatic rings. The van der Waals surface area contributed by atoms with Crippen LogP contribution in [0.15, 0.2) is 12.3 Å². The monoisotopic (exact) mass is 280 g/mol. The summed E-state index contributed by atoms with van der Waals surface area (Å²) in [5.41, 5.74) is 6.48. The van der Waals surface area contributed by atoms with Crippen molar-refractivity contribution in [2.75, 3.05) is 30.3 Å². The van der Waals surface area contributed by atoms with Crippen LogP contribution < -0.4 is 10.6 Å². The van der Waals surface area contributed by atoms with Gasteiger partial charge in [-0.2, -0.15) is 0 Å². The number of anilines is 2. The normalized spacial score (nSPS) is 25.4. The smallest absolute Gasteiger partial charge is 0.130 e. The van der Waals surface area contributed by atoms with E-state index in [2.05, 4.69) is 21.7 Å². The van der Waals surface area contributed by atoms with Gasteiger partial charge in [-0.05, 0) is 19.8 Å². The summed E-state index contributed by atoms with van der Waals surface area (Å²) in [6.07, 6.45) is 5.80. The quantitative estimate of drug-likeness (QED) is 0.903. The van der Waals surface area contributed by atoms with Crippen molar-refractivity contribution in [1.29, 1.82) is 0 Å². The van der Waals surface area contributed by atoms with Crippen LogP contribution in [0.1, 0.15) is 26.2 Å². The Kier molecular flexibility index (Phi) is 3.54. The van der Waals surface area contributed by atoms with Crippen LogP contribution in [0, 0.1) is 0 Å². The maximum atomic E-state index is 5.93. The fourth-order valence-electron chi connectivity index (χ4n) is 3.01. The second-order valence-corrected chi connectivity index (χ2v) is 6.09. The molecule has 1 atom stereocenters. The highest BCUT2D eigenvalue weighted by atomic mass is 35.5. The first-order valence-electron chi connectivity index (χ1n) is 7.07. The fourth-order valence-corrected chi connectivity index (χ4v) is 3.11. The van der Waals surface area contributed by atoms with Crippen molar-refractivity contribution in [2.24, 2.45) is 0 Å². The first-order chi connectivity index (χ1) is 9.15. The lowest BCUT2D eigenvalue weighted by Gasteiger charge is -2.46. The molecule has 0 unspecified atom stereocenters. The zero-order valence-corrected chi connectivity index (χ0v) is 12.1. The van der Waals surface area contributed by atoms with E-state index in [0.29, 0.717) is 16.8 Å². The molecular weight excluding hydrogens is 260 g/mol. The van der Waals surface area contributed by atoms with Gasteiger partial charge in [0.1, 0.15) is 5.82 Å². The Balaban J connectivity index is 1.70. The van der Waals surface area contributed by atoms with Gasteiger partial charge in [0.05, 0.1) is 10.7 Å². The summed E-state index contributed by atoms with van der Waals surface area (Å²) >= 11 is 5.93. The molecule has 4 nitrogen and oxygen atoms in total. The molecular formula is C14H21ClN4. The van der Waals surface area contributed by atoms with Crippen molar-refractivity contribution in [3.05, 3.63) is 17.3 Å². The van der Waals surface area contributed by atoms with Gasteiger partial charge in [0, 0.05) is 44.0 Å². The van der Waals surface area contributed by atoms with Crippen molar-refractivity contribution in [1.82, 2.24) is 9.88 Å². The molecule has 1 aromatic heterocycles. The summed E-state index contributed by atoms with van der Waals surface area (Å²) in [6, 6.07) is 3.19. The number of hydrogen-bond donors (Lipinski definition) is 1. The lowest BCUT2D eigenvalue weighted by Crippen LogP contribution is -2.56. The lowest BCUT2D eigenvalue weighted by atomic mass is 9.90. The van der Waals surface area contributed by atoms with Gasteiger partial charge >= 0.3 is 0 Å². The van der Waals surface area contributed by atoms with E-state index in [9.17, 15) is 0 Å². The number of pyridine rings is 1. The highest BCUT2D eigenvalue weighted by molar-refractivity contribution is 6.32. The van der Waals surface area contributed by atoms with Gasteiger partial charge in [-0.1, -0.05) is 18.0 Å². The van der Waals surface area contributed by atoms with Gasteiger partial charge < -0.3 is 10.6 Å². The Labute approximate surface area is 119 Å². The first kappa shape index (κ1) is 13.0. The van der Waals surface area contributed by atoms with E-state index >= 15 is 0 Å². The lowest BCUT2D eigenvalue weighted by molar-refractivity contribution is 0.106. The number of rotatable bonds is 2. The SMILES string of the molecule is C[C@H]1CN(C2CCC2)CCN1c1cc(N)c(Cl)cn1. The molecule has 2 aliphatic rings. The summed E-state index contributed by atoms with van der Waals surface area (Å²) in [5, 5.41) is 0.532. The number of halogens is 1. The number of piperazine rings is 1. The molecule has 1 aliphatic heterocycles. The van der Waals surface area contributed by atoms with Crippen molar-refractivity contribution in [3.8, 4) is 0 Å². The van der Waals surface area contributed by atoms with Crippen molar-refractivity contribution < 1.29 is 0 Å². The third-order valence-electron chi connectivity index (χ3n) is 4.41. The third-order valence-corrected chi connectivity index (χ3v) is 4.73. The molecule has 2 heterocycles. The molecule has 5 heteroatoms. The number of nitrogen functional groups attached to an aromatic ring is 1. The number of nitrogens with zero attached hydrogens (tertiary/aromatic N) is 3. The van der Waals surface area contributed by atoms with Crippen LogP contribution in [0.4, 0.5) is 11.5 Å². The van der Waals surface area contributed by atoms with Crippen LogP contribution in [-0.4, -0.2) is 41.6 Å². The summed E-state index contributed by atoms with van der Waals surface area (Å²) in [7, 11) is 0. The second kappa shape index (κ2) is 5.17. The minimum Gasteiger partial charge on any atom is -0.397 e. The predicted octanol–water partition coefficient (Wildman–Crippen LogP) is 2.38. The van der Waals surface area contributed by atoms with Crippen LogP contribution in [-0.2, 0) is 0 Å². The Hall–Kier alpha value is -1.00. The molecule has 0 aromatic carbocycles. The van der Waals surface area contributed by atoms with E-state index in [1.54, 1.807) is 6.20 Å². The van der Waals surface area contributed by atoms with Gasteiger partial charge in [0.2, 0.25) is 0 Å². The number of aromatic nitrogens is 1. The largest absolute Gasteiger partial charge is 0.397 e. The van der Waals surface area contributed by atoms with E-state index in [0.717, 1.165) is 31.5 Å². The minimum absolute atomic E-state index is 0.474. The van der Waals surface area contributed by atoms with Crippen LogP contribution in [0.5, 0.6) is 0 Å². The van der Waals surface area contributed by atoms with Crippen molar-refractivity contribution in [3.63, 3.8) is 0 Å². The predicted molar refractivity (Wildman–Crippen MR) is 79.7 cm³/mol. The minimum atomic E-state index is 0.474. The Morgan fingerprint density at radius 2 is 2.16 bits per heavy atom. The summed E-state index contributed by atoms with van der Waals surface area (Å²) < 4.78 is 0. The Morgan fingerprint density at radius 3 is 2.74 bits per heavy atom. The molecule has 1 saturated carbocycles. The molecule has 2 N–H and O–H groups in total. The van der Waals surface area contributed by atoms with E-state index in [4.69, 9.17) is 17.3 Å². The maximum absolute atomic E-state index is 5.93. The molecule has 1 aliphatic carbocycles. The first-order valence-corrected chi connectivity index (χ1v) is 7.44. The van der Waals surface area contributed by atoms with Crippen LogP contribution in [0.3, 0.4) is 0 Å². The van der Waals surface area contributed by atoms with Gasteiger partial charge in [-0.25, -0.2) is 4.98 Å². The number of nitrogens with two attached hydrogens (primary N) is 1. The molecule has 19 heavy (non-hydrogen) atoms. The molecule has 0 bridgehead atoms. The van der Waals surface area contributed by atoms with Gasteiger partial charge in [-0.15, -0.1) is 0 Å². The van der Waals surface area contributed by atoms with E-state index in [-0.39, 0.29) is 0 Å². The summed E-state index contributed by atoms with van der Waals surface area (Å²) in [5.74, 6) is 0.947. The summed E-state index contributed by atoms with van der Waals surface area (Å²) in [6.45, 7) is 5.52. The standard InChI is InChI=1S/C14H21ClN4/c1-10-9-18(11-3-2-4-11)5-6-19(10)14-7-13(16)12(15)8-17-14/h7-8,10-11H,2-6,9H2,1H3,(H2,16,17)/t10-/m0/s1. The summed E-state index contributed by atoms with van der Waals surface area (Å²) in [4.78, 5) is 9.38. The van der Waals surface area contributed by atoms with Gasteiger partial charge in [-0.3, -0.25) is 4.90 Å². The molecule has 1 saturated heterocycles. The van der Waals surface area contributed by atoms with Gasteiger partial charge in [0.15, 0.2) is 0 Å². The number of hydrogen-bond acceptors (Lipinski definition) is 4. The van der Waals surface area contributed by atoms with Gasteiger partial charge in [0.25, 0.3) is 0 Å². The van der Waals surface area contributed by atoms with Crippen LogP contribution in [0.25, 0.3) is 0 Å². The highest BCUT2D eigenvalue weighted by Crippen LogP contribution is 2.29. The maximum Gasteiger partial charge on any atom is 0.130 e. The Bertz CT molecular complexity index is 461. The molecule has 0 amide bonds.